The molecule has 0 saturated carbocycles. The maximum atomic E-state index is 3.74. The molecule has 0 aliphatic rings. The fraction of sp³-hybridized carbons (Fsp3) is 0.500. The molecule has 2 radical (unpaired) electrons. The predicted molar refractivity (Wildman–Crippen MR) is 38.3 cm³/mol. The molecule has 0 atom stereocenters. The average molecular weight is 110 g/mol. The second-order valence-corrected chi connectivity index (χ2v) is 1.82. The highest BCUT2D eigenvalue weighted by molar-refractivity contribution is 4.83. The molecule has 0 aromatic carbocycles. The lowest BCUT2D eigenvalue weighted by Crippen LogP contribution is -1.69. The van der Waals surface area contributed by atoms with Crippen molar-refractivity contribution in [2.75, 3.05) is 0 Å². The van der Waals surface area contributed by atoms with Crippen molar-refractivity contribution in [1.29, 1.82) is 0 Å². The first-order valence-electron chi connectivity index (χ1n) is 3.15. The van der Waals surface area contributed by atoms with Crippen molar-refractivity contribution in [2.24, 2.45) is 0 Å². The average Bonchev–Trinajstić information content (AvgIpc) is 1.81. The van der Waals surface area contributed by atoms with Crippen LogP contribution in [0.2, 0.25) is 0 Å². The van der Waals surface area contributed by atoms with E-state index in [1.54, 1.807) is 0 Å². The summed E-state index contributed by atoms with van der Waals surface area (Å²) in [6.07, 6.45) is 8.67. The highest BCUT2D eigenvalue weighted by Gasteiger charge is 1.78. The van der Waals surface area contributed by atoms with E-state index in [2.05, 4.69) is 19.9 Å². The van der Waals surface area contributed by atoms with E-state index in [0.29, 0.717) is 0 Å². The smallest absolute Gasteiger partial charge is 0.0316 e. The van der Waals surface area contributed by atoms with E-state index >= 15 is 0 Å². The first-order chi connectivity index (χ1) is 3.91. The van der Waals surface area contributed by atoms with Crippen molar-refractivity contribution >= 4 is 0 Å². The van der Waals surface area contributed by atoms with Gasteiger partial charge in [-0.2, -0.15) is 0 Å². The van der Waals surface area contributed by atoms with Crippen LogP contribution in [0, 0.1) is 13.8 Å². The zero-order valence-electron chi connectivity index (χ0n) is 5.40. The molecule has 0 aromatic rings. The normalized spacial score (nSPS) is 10.8. The Bertz CT molecular complexity index is 53.1. The molecule has 8 heavy (non-hydrogen) atoms. The van der Waals surface area contributed by atoms with Crippen molar-refractivity contribution in [1.82, 2.24) is 0 Å². The summed E-state index contributed by atoms with van der Waals surface area (Å²) in [4.78, 5) is 0. The van der Waals surface area contributed by atoms with Crippen LogP contribution in [0.3, 0.4) is 0 Å². The fourth-order valence-electron chi connectivity index (χ4n) is 0.557. The molecule has 0 amide bonds. The minimum Gasteiger partial charge on any atom is -0.0885 e. The highest BCUT2D eigenvalue weighted by atomic mass is 13.8. The van der Waals surface area contributed by atoms with E-state index in [1.165, 1.54) is 19.3 Å². The molecule has 0 aromatic heterocycles. The molecule has 0 unspecified atom stereocenters. The van der Waals surface area contributed by atoms with Gasteiger partial charge in [0.05, 0.1) is 0 Å². The molecule has 0 spiro atoms. The van der Waals surface area contributed by atoms with E-state index in [0.717, 1.165) is 6.42 Å². The van der Waals surface area contributed by atoms with Gasteiger partial charge in [0.25, 0.3) is 0 Å². The zero-order chi connectivity index (χ0) is 6.24. The van der Waals surface area contributed by atoms with Crippen molar-refractivity contribution in [3.8, 4) is 0 Å². The molecule has 0 nitrogen and oxygen atoms in total. The Morgan fingerprint density at radius 3 is 2.50 bits per heavy atom. The molecule has 0 saturated heterocycles. The third kappa shape index (κ3) is 5.74. The van der Waals surface area contributed by atoms with Gasteiger partial charge in [-0.3, -0.25) is 0 Å². The van der Waals surface area contributed by atoms with Crippen molar-refractivity contribution < 1.29 is 0 Å². The lowest BCUT2D eigenvalue weighted by Gasteiger charge is -1.88. The summed E-state index contributed by atoms with van der Waals surface area (Å²) in [5.74, 6) is 0. The van der Waals surface area contributed by atoms with Gasteiger partial charge in [0.1, 0.15) is 0 Å². The summed E-state index contributed by atoms with van der Waals surface area (Å²) in [5, 5.41) is 0. The Kier molecular flexibility index (Phi) is 6.52. The quantitative estimate of drug-likeness (QED) is 0.488. The number of unbranched alkanes of at least 4 members (excludes halogenated alkanes) is 3. The van der Waals surface area contributed by atoms with Crippen molar-refractivity contribution in [2.45, 2.75) is 25.7 Å². The Morgan fingerprint density at radius 2 is 2.00 bits per heavy atom. The topological polar surface area (TPSA) is 0 Å². The van der Waals surface area contributed by atoms with Gasteiger partial charge in [0, 0.05) is 0 Å². The molecule has 0 heteroatoms. The van der Waals surface area contributed by atoms with Gasteiger partial charge in [-0.15, -0.1) is 0 Å². The second-order valence-electron chi connectivity index (χ2n) is 1.82. The molecule has 46 valence electrons. The molecular weight excluding hydrogens is 96.1 g/mol. The van der Waals surface area contributed by atoms with E-state index in [1.807, 2.05) is 6.08 Å². The Labute approximate surface area is 52.6 Å². The Morgan fingerprint density at radius 1 is 1.25 bits per heavy atom. The van der Waals surface area contributed by atoms with Gasteiger partial charge in [-0.1, -0.05) is 31.9 Å². The van der Waals surface area contributed by atoms with Crippen LogP contribution < -0.4 is 0 Å². The molecule has 0 fully saturated rings. The first-order valence-corrected chi connectivity index (χ1v) is 3.15. The minimum atomic E-state index is 1.06. The first kappa shape index (κ1) is 7.74. The van der Waals surface area contributed by atoms with Gasteiger partial charge in [-0.25, -0.2) is 0 Å². The number of hydrogen-bond acceptors (Lipinski definition) is 0. The van der Waals surface area contributed by atoms with Gasteiger partial charge in [-0.05, 0) is 19.8 Å². The van der Waals surface area contributed by atoms with Gasteiger partial charge in [0.2, 0.25) is 0 Å². The number of hydrogen-bond donors (Lipinski definition) is 0. The third-order valence-corrected chi connectivity index (χ3v) is 1.04. The summed E-state index contributed by atoms with van der Waals surface area (Å²) in [6, 6.07) is 0. The summed E-state index contributed by atoms with van der Waals surface area (Å²) in [5.41, 5.74) is 0. The van der Waals surface area contributed by atoms with Crippen LogP contribution >= 0.6 is 0 Å². The van der Waals surface area contributed by atoms with E-state index in [9.17, 15) is 0 Å². The fourth-order valence-corrected chi connectivity index (χ4v) is 0.557. The van der Waals surface area contributed by atoms with Gasteiger partial charge >= 0.3 is 0 Å². The lowest BCUT2D eigenvalue weighted by molar-refractivity contribution is 0.760. The number of rotatable bonds is 4. The summed E-state index contributed by atoms with van der Waals surface area (Å²) in [6.45, 7) is 7.33. The number of allylic oxidation sites excluding steroid dienone is 2. The molecule has 0 rings (SSSR count). The Balaban J connectivity index is 2.72. The summed E-state index contributed by atoms with van der Waals surface area (Å²) in [7, 11) is 0. The van der Waals surface area contributed by atoms with Crippen LogP contribution in [-0.4, -0.2) is 0 Å². The molecule has 0 N–H and O–H groups in total. The maximum absolute atomic E-state index is 3.74. The van der Waals surface area contributed by atoms with Gasteiger partial charge < -0.3 is 0 Å². The van der Waals surface area contributed by atoms with Crippen molar-refractivity contribution in [3.05, 3.63) is 26.0 Å². The highest BCUT2D eigenvalue weighted by Crippen LogP contribution is 1.98. The molecular formula is C8H14. The van der Waals surface area contributed by atoms with Crippen LogP contribution in [0.4, 0.5) is 0 Å². The molecule has 0 aliphatic carbocycles. The van der Waals surface area contributed by atoms with E-state index in [-0.39, 0.29) is 0 Å². The maximum Gasteiger partial charge on any atom is -0.0316 e. The predicted octanol–water partition coefficient (Wildman–Crippen LogP) is 2.77. The lowest BCUT2D eigenvalue weighted by atomic mass is 10.2. The zero-order valence-corrected chi connectivity index (χ0v) is 5.40. The Hall–Kier alpha value is -0.260. The van der Waals surface area contributed by atoms with Crippen LogP contribution in [0.15, 0.2) is 12.2 Å². The van der Waals surface area contributed by atoms with Crippen LogP contribution in [0.5, 0.6) is 0 Å². The van der Waals surface area contributed by atoms with Crippen LogP contribution in [-0.2, 0) is 0 Å². The van der Waals surface area contributed by atoms with E-state index < -0.39 is 0 Å². The molecule has 0 bridgehead atoms. The van der Waals surface area contributed by atoms with Crippen LogP contribution in [0.1, 0.15) is 25.7 Å². The second kappa shape index (κ2) is 6.74. The van der Waals surface area contributed by atoms with Crippen molar-refractivity contribution in [3.63, 3.8) is 0 Å². The molecule has 0 heterocycles. The largest absolute Gasteiger partial charge is 0.0885 e. The van der Waals surface area contributed by atoms with Gasteiger partial charge in [0.15, 0.2) is 0 Å². The SMILES string of the molecule is [CH2]/C=C/CCCC[CH2]. The molecule has 0 aliphatic heterocycles. The van der Waals surface area contributed by atoms with Crippen LogP contribution in [0.25, 0.3) is 0 Å². The standard InChI is InChI=1S/C8H14/c1-3-5-7-8-6-4-2/h3,5H,1-2,4,6-8H2/b5-3+. The minimum absolute atomic E-state index is 1.06. The van der Waals surface area contributed by atoms with E-state index in [4.69, 9.17) is 0 Å². The summed E-state index contributed by atoms with van der Waals surface area (Å²) >= 11 is 0. The third-order valence-electron chi connectivity index (χ3n) is 1.04. The monoisotopic (exact) mass is 110 g/mol. The summed E-state index contributed by atoms with van der Waals surface area (Å²) < 4.78 is 0.